The van der Waals surface area contributed by atoms with Gasteiger partial charge in [0.25, 0.3) is 5.82 Å². The minimum atomic E-state index is 1.03. The second-order valence-electron chi connectivity index (χ2n) is 4.49. The Morgan fingerprint density at radius 2 is 1.53 bits per heavy atom. The Kier molecular flexibility index (Phi) is 1.69. The van der Waals surface area contributed by atoms with Gasteiger partial charge in [-0.05, 0) is 12.1 Å². The topological polar surface area (TPSA) is 15.9 Å². The SMILES string of the molecule is c1ccc2c(c1)c1[n+](c3ccccc23)CCN1. The molecule has 0 atom stereocenters. The molecule has 2 heteroatoms. The minimum absolute atomic E-state index is 1.03. The molecular weight excluding hydrogens is 208 g/mol. The molecular formula is C15H13N2+. The lowest BCUT2D eigenvalue weighted by Crippen LogP contribution is -2.31. The number of fused-ring (bicyclic) bond motifs is 6. The third-order valence-corrected chi connectivity index (χ3v) is 3.56. The van der Waals surface area contributed by atoms with Crippen LogP contribution in [0.4, 0.5) is 5.82 Å². The van der Waals surface area contributed by atoms with Gasteiger partial charge in [-0.15, -0.1) is 0 Å². The number of anilines is 1. The Bertz CT molecular complexity index is 669. The molecule has 82 valence electrons. The normalized spacial score (nSPS) is 13.9. The second kappa shape index (κ2) is 3.20. The molecule has 2 heterocycles. The number of nitrogens with zero attached hydrogens (tertiary/aromatic N) is 1. The summed E-state index contributed by atoms with van der Waals surface area (Å²) in [5.74, 6) is 1.26. The molecule has 1 aromatic heterocycles. The van der Waals surface area contributed by atoms with Gasteiger partial charge in [-0.1, -0.05) is 36.4 Å². The van der Waals surface area contributed by atoms with Crippen LogP contribution in [-0.2, 0) is 6.54 Å². The second-order valence-corrected chi connectivity index (χ2v) is 4.49. The van der Waals surface area contributed by atoms with Crippen molar-refractivity contribution in [1.82, 2.24) is 0 Å². The molecule has 0 unspecified atom stereocenters. The molecule has 0 fully saturated rings. The van der Waals surface area contributed by atoms with E-state index in [4.69, 9.17) is 0 Å². The van der Waals surface area contributed by atoms with Gasteiger partial charge in [0.2, 0.25) is 0 Å². The van der Waals surface area contributed by atoms with Crippen LogP contribution in [0.5, 0.6) is 0 Å². The van der Waals surface area contributed by atoms with E-state index >= 15 is 0 Å². The predicted molar refractivity (Wildman–Crippen MR) is 70.1 cm³/mol. The summed E-state index contributed by atoms with van der Waals surface area (Å²) in [6.45, 7) is 2.08. The van der Waals surface area contributed by atoms with Crippen LogP contribution in [-0.4, -0.2) is 6.54 Å². The number of nitrogens with one attached hydrogen (secondary N) is 1. The molecule has 3 aromatic rings. The van der Waals surface area contributed by atoms with E-state index in [1.54, 1.807) is 0 Å². The summed E-state index contributed by atoms with van der Waals surface area (Å²) in [7, 11) is 0. The quantitative estimate of drug-likeness (QED) is 0.456. The maximum absolute atomic E-state index is 3.50. The maximum Gasteiger partial charge on any atom is 0.283 e. The number of hydrogen-bond acceptors (Lipinski definition) is 1. The van der Waals surface area contributed by atoms with Gasteiger partial charge in [0.15, 0.2) is 0 Å². The highest BCUT2D eigenvalue weighted by Gasteiger charge is 2.23. The fourth-order valence-corrected chi connectivity index (χ4v) is 2.84. The van der Waals surface area contributed by atoms with Gasteiger partial charge in [-0.2, -0.15) is 0 Å². The number of aromatic nitrogens is 1. The molecule has 0 amide bonds. The summed E-state index contributed by atoms with van der Waals surface area (Å²) in [5.41, 5.74) is 1.33. The van der Waals surface area contributed by atoms with Gasteiger partial charge >= 0.3 is 0 Å². The molecule has 2 nitrogen and oxygen atoms in total. The Hall–Kier alpha value is -2.09. The van der Waals surface area contributed by atoms with Crippen molar-refractivity contribution in [2.45, 2.75) is 6.54 Å². The highest BCUT2D eigenvalue weighted by atomic mass is 15.2. The molecule has 0 bridgehead atoms. The summed E-state index contributed by atoms with van der Waals surface area (Å²) in [4.78, 5) is 0. The average Bonchev–Trinajstić information content (AvgIpc) is 2.89. The van der Waals surface area contributed by atoms with Gasteiger partial charge in [-0.3, -0.25) is 5.32 Å². The first-order valence-corrected chi connectivity index (χ1v) is 6.02. The van der Waals surface area contributed by atoms with E-state index in [9.17, 15) is 0 Å². The van der Waals surface area contributed by atoms with E-state index in [0.29, 0.717) is 0 Å². The molecule has 0 radical (unpaired) electrons. The molecule has 0 aliphatic carbocycles. The van der Waals surface area contributed by atoms with Crippen LogP contribution >= 0.6 is 0 Å². The summed E-state index contributed by atoms with van der Waals surface area (Å²) in [6.07, 6.45) is 0. The van der Waals surface area contributed by atoms with Crippen molar-refractivity contribution in [2.75, 3.05) is 11.9 Å². The summed E-state index contributed by atoms with van der Waals surface area (Å²) in [6, 6.07) is 17.3. The van der Waals surface area contributed by atoms with Crippen LogP contribution in [0.15, 0.2) is 48.5 Å². The van der Waals surface area contributed by atoms with E-state index in [0.717, 1.165) is 13.1 Å². The van der Waals surface area contributed by atoms with Gasteiger partial charge < -0.3 is 0 Å². The third-order valence-electron chi connectivity index (χ3n) is 3.56. The molecule has 1 aliphatic heterocycles. The monoisotopic (exact) mass is 221 g/mol. The minimum Gasteiger partial charge on any atom is -0.270 e. The van der Waals surface area contributed by atoms with Crippen molar-refractivity contribution in [1.29, 1.82) is 0 Å². The first-order chi connectivity index (χ1) is 8.45. The van der Waals surface area contributed by atoms with Crippen LogP contribution in [0.2, 0.25) is 0 Å². The molecule has 0 saturated heterocycles. The molecule has 2 aromatic carbocycles. The molecule has 4 rings (SSSR count). The number of benzene rings is 2. The Morgan fingerprint density at radius 1 is 0.824 bits per heavy atom. The largest absolute Gasteiger partial charge is 0.283 e. The van der Waals surface area contributed by atoms with Gasteiger partial charge in [-0.25, -0.2) is 4.57 Å². The standard InChI is InChI=1S/C15H12N2/c1-2-7-13-11(5-1)12-6-3-4-8-14(12)17-10-9-16-15(13)17/h1-8H,9-10H2/p+1. The lowest BCUT2D eigenvalue weighted by Gasteiger charge is -2.06. The van der Waals surface area contributed by atoms with E-state index in [1.807, 2.05) is 0 Å². The Morgan fingerprint density at radius 3 is 2.41 bits per heavy atom. The number of para-hydroxylation sites is 1. The fraction of sp³-hybridized carbons (Fsp3) is 0.133. The number of pyridine rings is 1. The number of hydrogen-bond donors (Lipinski definition) is 1. The van der Waals surface area contributed by atoms with Gasteiger partial charge in [0, 0.05) is 10.8 Å². The first kappa shape index (κ1) is 8.99. The van der Waals surface area contributed by atoms with Crippen molar-refractivity contribution in [3.05, 3.63) is 48.5 Å². The third kappa shape index (κ3) is 1.12. The van der Waals surface area contributed by atoms with Crippen molar-refractivity contribution >= 4 is 27.5 Å². The Labute approximate surface area is 99.5 Å². The number of rotatable bonds is 0. The zero-order valence-electron chi connectivity index (χ0n) is 9.48. The first-order valence-electron chi connectivity index (χ1n) is 6.02. The zero-order valence-corrected chi connectivity index (χ0v) is 9.48. The molecule has 0 spiro atoms. The van der Waals surface area contributed by atoms with Gasteiger partial charge in [0.1, 0.15) is 18.6 Å². The highest BCUT2D eigenvalue weighted by molar-refractivity contribution is 6.08. The lowest BCUT2D eigenvalue weighted by molar-refractivity contribution is -0.643. The van der Waals surface area contributed by atoms with Crippen molar-refractivity contribution < 1.29 is 4.57 Å². The van der Waals surface area contributed by atoms with E-state index in [1.165, 1.54) is 27.5 Å². The van der Waals surface area contributed by atoms with Crippen LogP contribution in [0.1, 0.15) is 0 Å². The summed E-state index contributed by atoms with van der Waals surface area (Å²) in [5, 5.41) is 7.50. The Balaban J connectivity index is 2.34. The summed E-state index contributed by atoms with van der Waals surface area (Å²) >= 11 is 0. The van der Waals surface area contributed by atoms with Crippen LogP contribution < -0.4 is 9.88 Å². The zero-order chi connectivity index (χ0) is 11.2. The van der Waals surface area contributed by atoms with E-state index in [-0.39, 0.29) is 0 Å². The smallest absolute Gasteiger partial charge is 0.270 e. The predicted octanol–water partition coefficient (Wildman–Crippen LogP) is 2.71. The van der Waals surface area contributed by atoms with Crippen LogP contribution in [0.3, 0.4) is 0 Å². The van der Waals surface area contributed by atoms with Crippen LogP contribution in [0, 0.1) is 0 Å². The van der Waals surface area contributed by atoms with E-state index in [2.05, 4.69) is 58.4 Å². The maximum atomic E-state index is 3.50. The van der Waals surface area contributed by atoms with Crippen molar-refractivity contribution in [2.24, 2.45) is 0 Å². The van der Waals surface area contributed by atoms with Crippen molar-refractivity contribution in [3.8, 4) is 0 Å². The van der Waals surface area contributed by atoms with E-state index < -0.39 is 0 Å². The molecule has 1 N–H and O–H groups in total. The molecule has 1 aliphatic rings. The highest BCUT2D eigenvalue weighted by Crippen LogP contribution is 2.29. The van der Waals surface area contributed by atoms with Crippen molar-refractivity contribution in [3.63, 3.8) is 0 Å². The molecule has 17 heavy (non-hydrogen) atoms. The summed E-state index contributed by atoms with van der Waals surface area (Å²) < 4.78 is 2.39. The fourth-order valence-electron chi connectivity index (χ4n) is 2.84. The average molecular weight is 221 g/mol. The lowest BCUT2D eigenvalue weighted by atomic mass is 10.1. The van der Waals surface area contributed by atoms with Crippen LogP contribution in [0.25, 0.3) is 21.7 Å². The molecule has 0 saturated carbocycles. The van der Waals surface area contributed by atoms with Gasteiger partial charge in [0.05, 0.1) is 5.39 Å².